The van der Waals surface area contributed by atoms with Crippen LogP contribution in [0.2, 0.25) is 10.0 Å². The number of hydrogen-bond acceptors (Lipinski definition) is 12. The molecule has 308 valence electrons. The van der Waals surface area contributed by atoms with Gasteiger partial charge in [-0.15, -0.1) is 0 Å². The molecule has 0 aliphatic rings. The van der Waals surface area contributed by atoms with Gasteiger partial charge in [-0.25, -0.2) is 0 Å². The highest BCUT2D eigenvalue weighted by Crippen LogP contribution is 2.38. The summed E-state index contributed by atoms with van der Waals surface area (Å²) in [6.45, 7) is 13.4. The number of carbonyl (C=O) groups excluding carboxylic acids is 2. The standard InChI is InChI=1S/C40H44Cl2O12S3/c1-25(2)22-51-55(45,46)30-11-9-10-26(18-30)37(43)27-12-16-33(35(19-27)56(47,48)52-23-39(3,4)5)54-34-17-13-28(38(44)31-21-29(41)14-15-32(31)42)20-36(34)57(49,50)53-24-40(6,7)8/h9-21,25H,22-24H2,1-8H3. The first-order valence-corrected chi connectivity index (χ1v) is 22.5. The number of carbonyl (C=O) groups is 2. The molecule has 0 saturated heterocycles. The van der Waals surface area contributed by atoms with Crippen LogP contribution < -0.4 is 4.74 Å². The highest BCUT2D eigenvalue weighted by atomic mass is 35.5. The Morgan fingerprint density at radius 1 is 0.596 bits per heavy atom. The van der Waals surface area contributed by atoms with Crippen LogP contribution >= 0.6 is 23.2 Å². The molecule has 0 aromatic heterocycles. The first-order chi connectivity index (χ1) is 26.2. The molecule has 17 heteroatoms. The van der Waals surface area contributed by atoms with Gasteiger partial charge in [0.2, 0.25) is 0 Å². The van der Waals surface area contributed by atoms with Crippen LogP contribution in [0.3, 0.4) is 0 Å². The Balaban J connectivity index is 1.87. The van der Waals surface area contributed by atoms with Crippen molar-refractivity contribution in [3.8, 4) is 11.5 Å². The molecular formula is C40H44Cl2O12S3. The first kappa shape index (κ1) is 46.0. The Kier molecular flexibility index (Phi) is 14.3. The zero-order valence-corrected chi connectivity index (χ0v) is 36.5. The summed E-state index contributed by atoms with van der Waals surface area (Å²) in [7, 11) is -13.6. The third kappa shape index (κ3) is 12.4. The van der Waals surface area contributed by atoms with Crippen molar-refractivity contribution in [2.75, 3.05) is 19.8 Å². The van der Waals surface area contributed by atoms with Crippen LogP contribution in [-0.2, 0) is 42.9 Å². The molecule has 0 spiro atoms. The summed E-state index contributed by atoms with van der Waals surface area (Å²) in [6, 6.07) is 16.1. The molecule has 0 fully saturated rings. The van der Waals surface area contributed by atoms with Crippen LogP contribution in [0.15, 0.2) is 93.5 Å². The van der Waals surface area contributed by atoms with E-state index in [2.05, 4.69) is 0 Å². The summed E-state index contributed by atoms with van der Waals surface area (Å²) in [5, 5.41) is 0.271. The molecule has 0 aliphatic heterocycles. The van der Waals surface area contributed by atoms with E-state index in [4.69, 9.17) is 40.5 Å². The molecule has 0 saturated carbocycles. The Bertz CT molecular complexity index is 2500. The van der Waals surface area contributed by atoms with Gasteiger partial charge in [0.15, 0.2) is 11.6 Å². The van der Waals surface area contributed by atoms with Gasteiger partial charge in [0.25, 0.3) is 10.1 Å². The monoisotopic (exact) mass is 882 g/mol. The molecule has 4 rings (SSSR count). The van der Waals surface area contributed by atoms with Crippen LogP contribution in [0.1, 0.15) is 87.2 Å². The number of hydrogen-bond donors (Lipinski definition) is 0. The topological polar surface area (TPSA) is 173 Å². The van der Waals surface area contributed by atoms with Crippen molar-refractivity contribution in [1.29, 1.82) is 0 Å². The van der Waals surface area contributed by atoms with Crippen molar-refractivity contribution in [2.24, 2.45) is 16.7 Å². The van der Waals surface area contributed by atoms with Gasteiger partial charge >= 0.3 is 20.2 Å². The van der Waals surface area contributed by atoms with E-state index < -0.39 is 74.0 Å². The Morgan fingerprint density at radius 3 is 1.58 bits per heavy atom. The first-order valence-electron chi connectivity index (χ1n) is 17.5. The minimum Gasteiger partial charge on any atom is -0.454 e. The Hall–Kier alpha value is -3.67. The fourth-order valence-corrected chi connectivity index (χ4v) is 8.70. The lowest BCUT2D eigenvalue weighted by molar-refractivity contribution is 0.103. The zero-order chi connectivity index (χ0) is 42.7. The third-order valence-electron chi connectivity index (χ3n) is 7.58. The van der Waals surface area contributed by atoms with Crippen molar-refractivity contribution in [2.45, 2.75) is 70.1 Å². The summed E-state index contributed by atoms with van der Waals surface area (Å²) in [5.41, 5.74) is -1.68. The van der Waals surface area contributed by atoms with Gasteiger partial charge in [-0.3, -0.25) is 22.1 Å². The lowest BCUT2D eigenvalue weighted by atomic mass is 9.99. The maximum Gasteiger partial charge on any atom is 0.300 e. The number of ketones is 2. The van der Waals surface area contributed by atoms with Crippen molar-refractivity contribution >= 4 is 65.1 Å². The molecule has 4 aromatic rings. The van der Waals surface area contributed by atoms with Crippen molar-refractivity contribution in [3.63, 3.8) is 0 Å². The van der Waals surface area contributed by atoms with E-state index in [0.29, 0.717) is 0 Å². The van der Waals surface area contributed by atoms with Crippen LogP contribution in [0.4, 0.5) is 0 Å². The Morgan fingerprint density at radius 2 is 1.09 bits per heavy atom. The average molecular weight is 884 g/mol. The summed E-state index contributed by atoms with van der Waals surface area (Å²) in [6.07, 6.45) is 0. The van der Waals surface area contributed by atoms with Gasteiger partial charge < -0.3 is 4.74 Å². The Labute approximate surface area is 344 Å². The average Bonchev–Trinajstić information content (AvgIpc) is 3.12. The predicted octanol–water partition coefficient (Wildman–Crippen LogP) is 9.11. The molecule has 57 heavy (non-hydrogen) atoms. The highest BCUT2D eigenvalue weighted by Gasteiger charge is 2.30. The van der Waals surface area contributed by atoms with Crippen LogP contribution in [-0.4, -0.2) is 56.6 Å². The van der Waals surface area contributed by atoms with Crippen LogP contribution in [0.25, 0.3) is 0 Å². The van der Waals surface area contributed by atoms with Crippen molar-refractivity contribution < 1.29 is 52.1 Å². The molecule has 0 heterocycles. The zero-order valence-electron chi connectivity index (χ0n) is 32.6. The van der Waals surface area contributed by atoms with Gasteiger partial charge in [0.1, 0.15) is 21.3 Å². The summed E-state index contributed by atoms with van der Waals surface area (Å²) < 4.78 is 103. The molecule has 0 bridgehead atoms. The fraction of sp³-hybridized carbons (Fsp3) is 0.350. The van der Waals surface area contributed by atoms with E-state index in [1.807, 2.05) is 0 Å². The number of halogens is 2. The van der Waals surface area contributed by atoms with Gasteiger partial charge in [-0.1, -0.05) is 90.7 Å². The number of benzene rings is 4. The molecule has 0 amide bonds. The lowest BCUT2D eigenvalue weighted by Gasteiger charge is -2.20. The van der Waals surface area contributed by atoms with Crippen LogP contribution in [0, 0.1) is 16.7 Å². The maximum absolute atomic E-state index is 13.8. The van der Waals surface area contributed by atoms with Gasteiger partial charge in [-0.2, -0.15) is 25.3 Å². The number of rotatable bonds is 16. The summed E-state index contributed by atoms with van der Waals surface area (Å²) >= 11 is 12.4. The highest BCUT2D eigenvalue weighted by molar-refractivity contribution is 7.87. The predicted molar refractivity (Wildman–Crippen MR) is 216 cm³/mol. The van der Waals surface area contributed by atoms with Crippen molar-refractivity contribution in [1.82, 2.24) is 0 Å². The van der Waals surface area contributed by atoms with E-state index in [9.17, 15) is 34.8 Å². The normalized spacial score (nSPS) is 12.8. The molecular weight excluding hydrogens is 840 g/mol. The van der Waals surface area contributed by atoms with Crippen LogP contribution in [0.5, 0.6) is 11.5 Å². The van der Waals surface area contributed by atoms with E-state index in [1.165, 1.54) is 48.5 Å². The lowest BCUT2D eigenvalue weighted by Crippen LogP contribution is -2.20. The minimum atomic E-state index is -4.73. The van der Waals surface area contributed by atoms with Gasteiger partial charge in [0, 0.05) is 27.3 Å². The smallest absolute Gasteiger partial charge is 0.300 e. The van der Waals surface area contributed by atoms with Gasteiger partial charge in [-0.05, 0) is 83.5 Å². The molecule has 4 aromatic carbocycles. The second-order valence-electron chi connectivity index (χ2n) is 15.9. The van der Waals surface area contributed by atoms with E-state index >= 15 is 0 Å². The van der Waals surface area contributed by atoms with Crippen molar-refractivity contribution in [3.05, 3.63) is 111 Å². The second-order valence-corrected chi connectivity index (χ2v) is 21.5. The van der Waals surface area contributed by atoms with E-state index in [-0.39, 0.29) is 62.9 Å². The molecule has 0 unspecified atom stereocenters. The third-order valence-corrected chi connectivity index (χ3v) is 12.0. The largest absolute Gasteiger partial charge is 0.454 e. The molecule has 12 nitrogen and oxygen atoms in total. The molecule has 0 radical (unpaired) electrons. The summed E-state index contributed by atoms with van der Waals surface area (Å²) in [5.74, 6) is -2.39. The second kappa shape index (κ2) is 17.7. The fourth-order valence-electron chi connectivity index (χ4n) is 4.69. The van der Waals surface area contributed by atoms with E-state index in [0.717, 1.165) is 30.3 Å². The van der Waals surface area contributed by atoms with Gasteiger partial charge in [0.05, 0.1) is 29.7 Å². The SMILES string of the molecule is CC(C)COS(=O)(=O)c1cccc(C(=O)c2ccc(Oc3ccc(C(=O)c4cc(Cl)ccc4Cl)cc3S(=O)(=O)OCC(C)(C)C)c(S(=O)(=O)OCC(C)(C)C)c2)c1. The quantitative estimate of drug-likeness (QED) is 0.0773. The molecule has 0 N–H and O–H groups in total. The van der Waals surface area contributed by atoms with E-state index in [1.54, 1.807) is 55.4 Å². The molecule has 0 atom stereocenters. The minimum absolute atomic E-state index is 0.00681. The maximum atomic E-state index is 13.8. The number of ether oxygens (including phenoxy) is 1. The molecule has 0 aliphatic carbocycles. The summed E-state index contributed by atoms with van der Waals surface area (Å²) in [4.78, 5) is 25.8.